The molecule has 0 spiro atoms. The number of hydrogen-bond donors (Lipinski definition) is 1. The van der Waals surface area contributed by atoms with E-state index in [1.54, 1.807) is 13.2 Å². The Balaban J connectivity index is 2.23. The molecular formula is C19H31BrO5Si. The smallest absolute Gasteiger partial charge is 0.237 e. The molecule has 1 aromatic carbocycles. The van der Waals surface area contributed by atoms with Crippen molar-refractivity contribution in [1.82, 2.24) is 0 Å². The van der Waals surface area contributed by atoms with Gasteiger partial charge in [-0.3, -0.25) is 0 Å². The molecule has 1 aromatic rings. The van der Waals surface area contributed by atoms with E-state index in [2.05, 4.69) is 57.5 Å². The molecule has 2 atom stereocenters. The van der Waals surface area contributed by atoms with Crippen LogP contribution in [0, 0.1) is 0 Å². The first-order chi connectivity index (χ1) is 12.1. The van der Waals surface area contributed by atoms with Crippen LogP contribution in [0.5, 0.6) is 17.2 Å². The molecule has 0 radical (unpaired) electrons. The maximum absolute atomic E-state index is 10.4. The summed E-state index contributed by atoms with van der Waals surface area (Å²) in [5.41, 5.74) is 1.38. The molecule has 7 heteroatoms. The van der Waals surface area contributed by atoms with Crippen LogP contribution in [0.15, 0.2) is 16.6 Å². The van der Waals surface area contributed by atoms with Crippen molar-refractivity contribution in [3.63, 3.8) is 0 Å². The van der Waals surface area contributed by atoms with Crippen molar-refractivity contribution in [3.8, 4) is 17.2 Å². The molecule has 1 heterocycles. The minimum absolute atomic E-state index is 0.292. The lowest BCUT2D eigenvalue weighted by atomic mass is 10.2. The van der Waals surface area contributed by atoms with Crippen LogP contribution in [-0.4, -0.2) is 39.5 Å². The van der Waals surface area contributed by atoms with E-state index < -0.39 is 20.7 Å². The largest absolute Gasteiger partial charge is 0.493 e. The second-order valence-electron chi connectivity index (χ2n) is 7.73. The van der Waals surface area contributed by atoms with Crippen molar-refractivity contribution in [2.24, 2.45) is 0 Å². The van der Waals surface area contributed by atoms with Gasteiger partial charge in [-0.05, 0) is 28.8 Å². The van der Waals surface area contributed by atoms with Gasteiger partial charge in [0.05, 0.1) is 13.7 Å². The predicted octanol–water partition coefficient (Wildman–Crippen LogP) is 5.11. The summed E-state index contributed by atoms with van der Waals surface area (Å²) in [6.45, 7) is 13.7. The van der Waals surface area contributed by atoms with Gasteiger partial charge in [0.2, 0.25) is 20.4 Å². The molecule has 26 heavy (non-hydrogen) atoms. The van der Waals surface area contributed by atoms with Gasteiger partial charge in [-0.25, -0.2) is 0 Å². The molecule has 0 bridgehead atoms. The fraction of sp³-hybridized carbons (Fsp3) is 0.684. The number of ether oxygens (including phenoxy) is 3. The molecule has 1 aliphatic heterocycles. The molecule has 148 valence electrons. The van der Waals surface area contributed by atoms with Crippen LogP contribution in [0.3, 0.4) is 0 Å². The van der Waals surface area contributed by atoms with E-state index in [0.717, 1.165) is 4.47 Å². The summed E-state index contributed by atoms with van der Waals surface area (Å²) in [5, 5.41) is 10.4. The second kappa shape index (κ2) is 8.50. The number of hydrogen-bond acceptors (Lipinski definition) is 5. The minimum Gasteiger partial charge on any atom is -0.493 e. The van der Waals surface area contributed by atoms with E-state index in [-0.39, 0.29) is 0 Å². The lowest BCUT2D eigenvalue weighted by Crippen LogP contribution is -2.52. The molecule has 0 saturated carbocycles. The highest BCUT2D eigenvalue weighted by Gasteiger charge is 2.46. The third kappa shape index (κ3) is 4.05. The number of benzene rings is 1. The third-order valence-corrected chi connectivity index (χ3v) is 11.8. The lowest BCUT2D eigenvalue weighted by molar-refractivity contribution is -0.126. The SMILES string of the molecule is COc1cc(Br)cc2c1O[C@@H](CO[Si](C(C)C)(C(C)C)C(C)C)[C@H](O)O2. The first-order valence-electron chi connectivity index (χ1n) is 9.16. The Labute approximate surface area is 166 Å². The maximum atomic E-state index is 10.4. The number of aliphatic hydroxyl groups is 1. The first kappa shape index (κ1) is 21.5. The zero-order valence-electron chi connectivity index (χ0n) is 16.7. The number of aliphatic hydroxyl groups excluding tert-OH is 1. The molecule has 0 amide bonds. The average molecular weight is 447 g/mol. The predicted molar refractivity (Wildman–Crippen MR) is 109 cm³/mol. The Kier molecular flexibility index (Phi) is 7.04. The van der Waals surface area contributed by atoms with Crippen LogP contribution in [-0.2, 0) is 4.43 Å². The van der Waals surface area contributed by atoms with Gasteiger partial charge in [0.25, 0.3) is 0 Å². The standard InChI is InChI=1S/C19H31BrO5Si/c1-11(2)26(12(3)4,13(5)6)23-10-17-19(21)25-16-9-14(20)8-15(22-7)18(16)24-17/h8-9,11-13,17,19,21H,10H2,1-7H3/t17-,19+/m0/s1. The van der Waals surface area contributed by atoms with Crippen molar-refractivity contribution in [2.75, 3.05) is 13.7 Å². The highest BCUT2D eigenvalue weighted by Crippen LogP contribution is 2.45. The molecule has 2 rings (SSSR count). The van der Waals surface area contributed by atoms with Crippen molar-refractivity contribution >= 4 is 24.2 Å². The van der Waals surface area contributed by atoms with Gasteiger partial charge >= 0.3 is 0 Å². The third-order valence-electron chi connectivity index (χ3n) is 5.25. The molecule has 1 N–H and O–H groups in total. The van der Waals surface area contributed by atoms with Crippen molar-refractivity contribution in [1.29, 1.82) is 0 Å². The molecule has 0 saturated heterocycles. The monoisotopic (exact) mass is 446 g/mol. The van der Waals surface area contributed by atoms with Crippen LogP contribution in [0.1, 0.15) is 41.5 Å². The molecule has 1 aliphatic rings. The van der Waals surface area contributed by atoms with Crippen molar-refractivity contribution < 1.29 is 23.7 Å². The number of halogens is 1. The van der Waals surface area contributed by atoms with Gasteiger partial charge in [-0.2, -0.15) is 0 Å². The van der Waals surface area contributed by atoms with E-state index in [4.69, 9.17) is 18.6 Å². The Morgan fingerprint density at radius 1 is 1.08 bits per heavy atom. The summed E-state index contributed by atoms with van der Waals surface area (Å²) >= 11 is 3.41. The number of fused-ring (bicyclic) bond motifs is 1. The lowest BCUT2D eigenvalue weighted by Gasteiger charge is -2.43. The summed E-state index contributed by atoms with van der Waals surface area (Å²) < 4.78 is 24.4. The zero-order chi connectivity index (χ0) is 19.6. The van der Waals surface area contributed by atoms with Crippen LogP contribution in [0.2, 0.25) is 16.6 Å². The van der Waals surface area contributed by atoms with Gasteiger partial charge in [0.1, 0.15) is 0 Å². The normalized spacial score (nSPS) is 20.2. The van der Waals surface area contributed by atoms with Gasteiger partial charge in [-0.1, -0.05) is 57.5 Å². The quantitative estimate of drug-likeness (QED) is 0.589. The molecule has 0 aromatic heterocycles. The number of methoxy groups -OCH3 is 1. The zero-order valence-corrected chi connectivity index (χ0v) is 19.3. The van der Waals surface area contributed by atoms with Gasteiger partial charge < -0.3 is 23.7 Å². The first-order valence-corrected chi connectivity index (χ1v) is 12.1. The van der Waals surface area contributed by atoms with Crippen LogP contribution >= 0.6 is 15.9 Å². The van der Waals surface area contributed by atoms with Crippen molar-refractivity contribution in [2.45, 2.75) is 70.6 Å². The van der Waals surface area contributed by atoms with Crippen LogP contribution in [0.4, 0.5) is 0 Å². The minimum atomic E-state index is -2.05. The summed E-state index contributed by atoms with van der Waals surface area (Å²) in [4.78, 5) is 0. The van der Waals surface area contributed by atoms with E-state index >= 15 is 0 Å². The van der Waals surface area contributed by atoms with Gasteiger partial charge in [0, 0.05) is 4.47 Å². The summed E-state index contributed by atoms with van der Waals surface area (Å²) in [5.74, 6) is 1.52. The Morgan fingerprint density at radius 2 is 1.65 bits per heavy atom. The van der Waals surface area contributed by atoms with E-state index in [0.29, 0.717) is 40.5 Å². The fourth-order valence-corrected chi connectivity index (χ4v) is 10.0. The molecule has 5 nitrogen and oxygen atoms in total. The molecule has 0 fully saturated rings. The Hall–Kier alpha value is -0.763. The van der Waals surface area contributed by atoms with Crippen LogP contribution < -0.4 is 14.2 Å². The fourth-order valence-electron chi connectivity index (χ4n) is 4.16. The highest BCUT2D eigenvalue weighted by molar-refractivity contribution is 9.10. The average Bonchev–Trinajstić information content (AvgIpc) is 2.54. The van der Waals surface area contributed by atoms with Crippen LogP contribution in [0.25, 0.3) is 0 Å². The van der Waals surface area contributed by atoms with Gasteiger partial charge in [-0.15, -0.1) is 0 Å². The Bertz CT molecular complexity index is 598. The molecule has 0 aliphatic carbocycles. The summed E-state index contributed by atoms with van der Waals surface area (Å²) in [6, 6.07) is 3.57. The number of rotatable bonds is 7. The summed E-state index contributed by atoms with van der Waals surface area (Å²) in [7, 11) is -0.469. The highest BCUT2D eigenvalue weighted by atomic mass is 79.9. The van der Waals surface area contributed by atoms with Crippen molar-refractivity contribution in [3.05, 3.63) is 16.6 Å². The topological polar surface area (TPSA) is 57.2 Å². The van der Waals surface area contributed by atoms with E-state index in [1.807, 2.05) is 6.07 Å². The van der Waals surface area contributed by atoms with E-state index in [1.165, 1.54) is 0 Å². The van der Waals surface area contributed by atoms with Gasteiger partial charge in [0.15, 0.2) is 17.6 Å². The maximum Gasteiger partial charge on any atom is 0.237 e. The molecule has 0 unspecified atom stereocenters. The Morgan fingerprint density at radius 3 is 2.15 bits per heavy atom. The molecular weight excluding hydrogens is 416 g/mol. The van der Waals surface area contributed by atoms with E-state index in [9.17, 15) is 5.11 Å². The second-order valence-corrected chi connectivity index (χ2v) is 14.1. The summed E-state index contributed by atoms with van der Waals surface area (Å²) in [6.07, 6.45) is -1.68.